The van der Waals surface area contributed by atoms with Gasteiger partial charge >= 0.3 is 0 Å². The van der Waals surface area contributed by atoms with E-state index >= 15 is 0 Å². The van der Waals surface area contributed by atoms with Crippen LogP contribution in [0.5, 0.6) is 0 Å². The molecule has 0 saturated carbocycles. The van der Waals surface area contributed by atoms with Crippen molar-refractivity contribution in [3.8, 4) is 11.8 Å². The molecule has 58 valence electrons. The highest BCUT2D eigenvalue weighted by Gasteiger charge is 2.17. The second-order valence-corrected chi connectivity index (χ2v) is 2.67. The summed E-state index contributed by atoms with van der Waals surface area (Å²) in [4.78, 5) is 0. The molecule has 0 aliphatic carbocycles. The van der Waals surface area contributed by atoms with E-state index in [2.05, 4.69) is 25.7 Å². The third-order valence-electron chi connectivity index (χ3n) is 2.03. The van der Waals surface area contributed by atoms with Crippen LogP contribution in [0.1, 0.15) is 40.0 Å². The largest absolute Gasteiger partial charge is 0.324 e. The maximum absolute atomic E-state index is 5.98. The summed E-state index contributed by atoms with van der Waals surface area (Å²) in [6.07, 6.45) is 2.85. The van der Waals surface area contributed by atoms with Gasteiger partial charge in [0.15, 0.2) is 0 Å². The lowest BCUT2D eigenvalue weighted by molar-refractivity contribution is 0.406. The van der Waals surface area contributed by atoms with Crippen molar-refractivity contribution in [1.82, 2.24) is 0 Å². The second-order valence-electron chi connectivity index (χ2n) is 2.67. The third-order valence-corrected chi connectivity index (χ3v) is 2.03. The van der Waals surface area contributed by atoms with Crippen molar-refractivity contribution in [3.05, 3.63) is 0 Å². The minimum Gasteiger partial charge on any atom is -0.324 e. The monoisotopic (exact) mass is 139 g/mol. The maximum atomic E-state index is 5.98. The second kappa shape index (κ2) is 4.35. The third kappa shape index (κ3) is 2.89. The molecule has 0 heterocycles. The topological polar surface area (TPSA) is 26.0 Å². The van der Waals surface area contributed by atoms with E-state index in [0.717, 1.165) is 19.3 Å². The molecular weight excluding hydrogens is 122 g/mol. The van der Waals surface area contributed by atoms with Gasteiger partial charge in [0.05, 0.1) is 0 Å². The molecule has 0 aliphatic heterocycles. The van der Waals surface area contributed by atoms with Gasteiger partial charge in [0.2, 0.25) is 0 Å². The molecule has 0 saturated heterocycles. The summed E-state index contributed by atoms with van der Waals surface area (Å²) < 4.78 is 0. The minimum atomic E-state index is -0.0387. The highest BCUT2D eigenvalue weighted by Crippen LogP contribution is 2.14. The van der Waals surface area contributed by atoms with Crippen LogP contribution in [-0.4, -0.2) is 5.54 Å². The number of hydrogen-bond acceptors (Lipinski definition) is 1. The van der Waals surface area contributed by atoms with Crippen molar-refractivity contribution in [2.45, 2.75) is 45.6 Å². The molecule has 0 aromatic rings. The highest BCUT2D eigenvalue weighted by molar-refractivity contribution is 5.02. The Balaban J connectivity index is 3.88. The van der Waals surface area contributed by atoms with Gasteiger partial charge in [0.25, 0.3) is 0 Å². The predicted octanol–water partition coefficient (Wildman–Crippen LogP) is 1.92. The molecule has 0 radical (unpaired) electrons. The lowest BCUT2D eigenvalue weighted by Gasteiger charge is -2.23. The Bertz CT molecular complexity index is 135. The fourth-order valence-electron chi connectivity index (χ4n) is 0.764. The molecule has 0 aliphatic rings. The van der Waals surface area contributed by atoms with Gasteiger partial charge in [-0.3, -0.25) is 0 Å². The van der Waals surface area contributed by atoms with Gasteiger partial charge in [-0.25, -0.2) is 0 Å². The average Bonchev–Trinajstić information content (AvgIpc) is 2.00. The Labute approximate surface area is 64.0 Å². The summed E-state index contributed by atoms with van der Waals surface area (Å²) in [5.74, 6) is 5.88. The van der Waals surface area contributed by atoms with Crippen LogP contribution in [0.25, 0.3) is 0 Å². The first-order chi connectivity index (χ1) is 4.68. The summed E-state index contributed by atoms with van der Waals surface area (Å²) in [7, 11) is 0. The van der Waals surface area contributed by atoms with E-state index in [1.54, 1.807) is 0 Å². The molecule has 0 amide bonds. The molecule has 0 spiro atoms. The van der Waals surface area contributed by atoms with Gasteiger partial charge in [-0.05, 0) is 19.8 Å². The molecule has 1 nitrogen and oxygen atoms in total. The quantitative estimate of drug-likeness (QED) is 0.594. The Kier molecular flexibility index (Phi) is 4.14. The van der Waals surface area contributed by atoms with Crippen LogP contribution in [0.15, 0.2) is 0 Å². The smallest absolute Gasteiger partial charge is 0.0269 e. The lowest BCUT2D eigenvalue weighted by Crippen LogP contribution is -2.37. The first kappa shape index (κ1) is 9.52. The first-order valence-corrected chi connectivity index (χ1v) is 3.87. The van der Waals surface area contributed by atoms with Crippen molar-refractivity contribution < 1.29 is 0 Å². The number of hydrogen-bond donors (Lipinski definition) is 1. The number of rotatable bonds is 3. The van der Waals surface area contributed by atoms with Gasteiger partial charge in [0, 0.05) is 12.0 Å². The van der Waals surface area contributed by atoms with Gasteiger partial charge in [-0.2, -0.15) is 0 Å². The Morgan fingerprint density at radius 2 is 1.80 bits per heavy atom. The van der Waals surface area contributed by atoms with Crippen molar-refractivity contribution in [2.24, 2.45) is 5.73 Å². The minimum absolute atomic E-state index is 0.0387. The SMILES string of the molecule is CC#CCC(N)(CC)CC. The molecular formula is C9H17N. The normalized spacial score (nSPS) is 10.4. The zero-order valence-corrected chi connectivity index (χ0v) is 7.20. The van der Waals surface area contributed by atoms with E-state index in [4.69, 9.17) is 5.73 Å². The molecule has 0 bridgehead atoms. The summed E-state index contributed by atoms with van der Waals surface area (Å²) in [5.41, 5.74) is 5.94. The standard InChI is InChI=1S/C9H17N/c1-4-7-8-9(10,5-2)6-3/h5-6,8,10H2,1-3H3. The van der Waals surface area contributed by atoms with E-state index < -0.39 is 0 Å². The lowest BCUT2D eigenvalue weighted by atomic mass is 9.91. The van der Waals surface area contributed by atoms with Crippen LogP contribution in [0.4, 0.5) is 0 Å². The fraction of sp³-hybridized carbons (Fsp3) is 0.778. The number of nitrogens with two attached hydrogens (primary N) is 1. The highest BCUT2D eigenvalue weighted by atomic mass is 14.7. The summed E-state index contributed by atoms with van der Waals surface area (Å²) in [6.45, 7) is 6.08. The van der Waals surface area contributed by atoms with E-state index in [1.807, 2.05) is 6.92 Å². The molecule has 0 aromatic heterocycles. The summed E-state index contributed by atoms with van der Waals surface area (Å²) >= 11 is 0. The Morgan fingerprint density at radius 3 is 2.10 bits per heavy atom. The van der Waals surface area contributed by atoms with Gasteiger partial charge < -0.3 is 5.73 Å². The van der Waals surface area contributed by atoms with Crippen molar-refractivity contribution >= 4 is 0 Å². The predicted molar refractivity (Wildman–Crippen MR) is 45.6 cm³/mol. The Morgan fingerprint density at radius 1 is 1.30 bits per heavy atom. The molecule has 1 heteroatoms. The average molecular weight is 139 g/mol. The van der Waals surface area contributed by atoms with Crippen LogP contribution in [0.2, 0.25) is 0 Å². The van der Waals surface area contributed by atoms with Crippen LogP contribution >= 0.6 is 0 Å². The van der Waals surface area contributed by atoms with E-state index in [0.29, 0.717) is 0 Å². The van der Waals surface area contributed by atoms with Crippen molar-refractivity contribution in [3.63, 3.8) is 0 Å². The Hall–Kier alpha value is -0.480. The molecule has 0 unspecified atom stereocenters. The fourth-order valence-corrected chi connectivity index (χ4v) is 0.764. The van der Waals surface area contributed by atoms with Crippen molar-refractivity contribution in [1.29, 1.82) is 0 Å². The van der Waals surface area contributed by atoms with Crippen LogP contribution in [-0.2, 0) is 0 Å². The molecule has 0 rings (SSSR count). The van der Waals surface area contributed by atoms with E-state index in [9.17, 15) is 0 Å². The summed E-state index contributed by atoms with van der Waals surface area (Å²) in [6, 6.07) is 0. The first-order valence-electron chi connectivity index (χ1n) is 3.87. The summed E-state index contributed by atoms with van der Waals surface area (Å²) in [5, 5.41) is 0. The van der Waals surface area contributed by atoms with Crippen LogP contribution < -0.4 is 5.73 Å². The molecule has 2 N–H and O–H groups in total. The van der Waals surface area contributed by atoms with Crippen molar-refractivity contribution in [2.75, 3.05) is 0 Å². The van der Waals surface area contributed by atoms with E-state index in [-0.39, 0.29) is 5.54 Å². The van der Waals surface area contributed by atoms with Gasteiger partial charge in [-0.15, -0.1) is 11.8 Å². The van der Waals surface area contributed by atoms with Gasteiger partial charge in [0.1, 0.15) is 0 Å². The zero-order valence-electron chi connectivity index (χ0n) is 7.20. The molecule has 10 heavy (non-hydrogen) atoms. The van der Waals surface area contributed by atoms with Crippen LogP contribution in [0, 0.1) is 11.8 Å². The maximum Gasteiger partial charge on any atom is 0.0269 e. The molecule has 0 aromatic carbocycles. The van der Waals surface area contributed by atoms with Gasteiger partial charge in [-0.1, -0.05) is 13.8 Å². The molecule has 0 fully saturated rings. The van der Waals surface area contributed by atoms with E-state index in [1.165, 1.54) is 0 Å². The van der Waals surface area contributed by atoms with Crippen LogP contribution in [0.3, 0.4) is 0 Å². The zero-order chi connectivity index (χ0) is 8.04. The molecule has 0 atom stereocenters.